The summed E-state index contributed by atoms with van der Waals surface area (Å²) in [5.41, 5.74) is -0.871. The molecule has 0 amide bonds. The van der Waals surface area contributed by atoms with Crippen molar-refractivity contribution in [3.63, 3.8) is 0 Å². The number of hydrogen-bond acceptors (Lipinski definition) is 17. The Balaban J connectivity index is 1.83. The molecule has 17 heteroatoms. The van der Waals surface area contributed by atoms with E-state index in [2.05, 4.69) is 0 Å². The van der Waals surface area contributed by atoms with Gasteiger partial charge < -0.3 is 84.6 Å². The minimum absolute atomic E-state index is 0.787. The summed E-state index contributed by atoms with van der Waals surface area (Å²) in [5, 5.41) is 113. The average Bonchev–Trinajstić information content (AvgIpc) is 2.87. The summed E-state index contributed by atoms with van der Waals surface area (Å²) < 4.78 is 32.4. The van der Waals surface area contributed by atoms with Crippen molar-refractivity contribution in [1.29, 1.82) is 0 Å². The average molecular weight is 577 g/mol. The molecule has 0 radical (unpaired) electrons. The Kier molecular flexibility index (Phi) is 10.7. The van der Waals surface area contributed by atoms with Crippen LogP contribution >= 0.6 is 0 Å². The summed E-state index contributed by atoms with van der Waals surface area (Å²) in [7, 11) is 0. The Labute approximate surface area is 223 Å². The van der Waals surface area contributed by atoms with Crippen LogP contribution in [0.15, 0.2) is 0 Å². The lowest BCUT2D eigenvalue weighted by molar-refractivity contribution is -0.448. The van der Waals surface area contributed by atoms with Gasteiger partial charge in [-0.15, -0.1) is 0 Å². The molecule has 39 heavy (non-hydrogen) atoms. The first-order valence-corrected chi connectivity index (χ1v) is 12.4. The third-order valence-corrected chi connectivity index (χ3v) is 6.69. The van der Waals surface area contributed by atoms with Gasteiger partial charge in [0.2, 0.25) is 5.79 Å². The number of rotatable bonds is 8. The Hall–Kier alpha value is -0.680. The summed E-state index contributed by atoms with van der Waals surface area (Å²) in [6.07, 6.45) is -25.3. The molecule has 0 aliphatic carbocycles. The van der Waals surface area contributed by atoms with E-state index in [9.17, 15) is 56.2 Å². The second-order valence-corrected chi connectivity index (χ2v) is 10.7. The van der Waals surface area contributed by atoms with E-state index in [0.717, 1.165) is 0 Å². The van der Waals surface area contributed by atoms with E-state index < -0.39 is 117 Å². The summed E-state index contributed by atoms with van der Waals surface area (Å²) in [5.74, 6) is -2.94. The van der Waals surface area contributed by atoms with Gasteiger partial charge in [0.1, 0.15) is 67.1 Å². The molecule has 3 aliphatic rings. The van der Waals surface area contributed by atoms with Crippen molar-refractivity contribution in [2.45, 2.75) is 118 Å². The van der Waals surface area contributed by atoms with E-state index >= 15 is 0 Å². The molecule has 3 rings (SSSR count). The van der Waals surface area contributed by atoms with Crippen LogP contribution in [0.1, 0.15) is 20.8 Å². The molecule has 3 saturated heterocycles. The fourth-order valence-corrected chi connectivity index (χ4v) is 4.52. The Morgan fingerprint density at radius 2 is 1.21 bits per heavy atom. The second-order valence-electron chi connectivity index (χ2n) is 10.7. The Morgan fingerprint density at radius 1 is 0.641 bits per heavy atom. The van der Waals surface area contributed by atoms with Gasteiger partial charge in [0.15, 0.2) is 18.9 Å². The summed E-state index contributed by atoms with van der Waals surface area (Å²) in [6, 6.07) is 0. The highest BCUT2D eigenvalue weighted by Gasteiger charge is 2.60. The van der Waals surface area contributed by atoms with Gasteiger partial charge in [0.05, 0.1) is 25.4 Å². The van der Waals surface area contributed by atoms with Crippen molar-refractivity contribution in [1.82, 2.24) is 0 Å². The number of hydrogen-bond donors (Lipinski definition) is 11. The maximum absolute atomic E-state index is 11.2. The van der Waals surface area contributed by atoms with Gasteiger partial charge in [-0.05, 0) is 20.8 Å². The van der Waals surface area contributed by atoms with Crippen LogP contribution in [0.4, 0.5) is 0 Å². The second kappa shape index (κ2) is 12.7. The highest BCUT2D eigenvalue weighted by Crippen LogP contribution is 2.37. The highest BCUT2D eigenvalue weighted by molar-refractivity contribution is 4.99. The SMILES string of the molecule is CC(C)(C)O[C@@H]1OC(CO)[C@@](O)(O[C@@H]2OC(CO)[C@H](O)[C@H](O[C@H]3OC(CO)[C@H](O)[C@H](O)C3O)C2O)[C@H](O)C1O. The van der Waals surface area contributed by atoms with Gasteiger partial charge in [0.25, 0.3) is 0 Å². The van der Waals surface area contributed by atoms with E-state index in [1.165, 1.54) is 0 Å². The number of aliphatic hydroxyl groups is 11. The topological polar surface area (TPSA) is 278 Å². The van der Waals surface area contributed by atoms with Crippen molar-refractivity contribution < 1.29 is 84.6 Å². The lowest BCUT2D eigenvalue weighted by atomic mass is 9.93. The van der Waals surface area contributed by atoms with Gasteiger partial charge in [-0.1, -0.05) is 0 Å². The molecule has 3 heterocycles. The van der Waals surface area contributed by atoms with Crippen LogP contribution in [-0.4, -0.2) is 173 Å². The molecule has 0 aromatic carbocycles. The van der Waals surface area contributed by atoms with Gasteiger partial charge >= 0.3 is 0 Å². The molecule has 0 saturated carbocycles. The van der Waals surface area contributed by atoms with Crippen LogP contribution in [0.25, 0.3) is 0 Å². The van der Waals surface area contributed by atoms with Crippen LogP contribution in [0.2, 0.25) is 0 Å². The normalized spacial score (nSPS) is 49.7. The largest absolute Gasteiger partial charge is 0.394 e. The molecule has 3 aliphatic heterocycles. The summed E-state index contributed by atoms with van der Waals surface area (Å²) in [4.78, 5) is 0. The predicted octanol–water partition coefficient (Wildman–Crippen LogP) is -6.43. The molecule has 6 unspecified atom stereocenters. The lowest BCUT2D eigenvalue weighted by Crippen LogP contribution is -2.72. The smallest absolute Gasteiger partial charge is 0.226 e. The summed E-state index contributed by atoms with van der Waals surface area (Å²) in [6.45, 7) is 2.25. The van der Waals surface area contributed by atoms with E-state index in [1.54, 1.807) is 20.8 Å². The molecule has 17 nitrogen and oxygen atoms in total. The summed E-state index contributed by atoms with van der Waals surface area (Å²) >= 11 is 0. The van der Waals surface area contributed by atoms with Gasteiger partial charge in [-0.3, -0.25) is 0 Å². The molecule has 0 aromatic rings. The van der Waals surface area contributed by atoms with Crippen LogP contribution < -0.4 is 0 Å². The van der Waals surface area contributed by atoms with Gasteiger partial charge in [0, 0.05) is 0 Å². The minimum atomic E-state index is -2.94. The first-order chi connectivity index (χ1) is 18.1. The van der Waals surface area contributed by atoms with Crippen LogP contribution in [0, 0.1) is 0 Å². The van der Waals surface area contributed by atoms with Crippen molar-refractivity contribution in [3.8, 4) is 0 Å². The molecule has 15 atom stereocenters. The van der Waals surface area contributed by atoms with Crippen molar-refractivity contribution in [2.75, 3.05) is 19.8 Å². The maximum atomic E-state index is 11.2. The lowest BCUT2D eigenvalue weighted by Gasteiger charge is -2.51. The predicted molar refractivity (Wildman–Crippen MR) is 121 cm³/mol. The molecular formula is C22H40O17. The third-order valence-electron chi connectivity index (χ3n) is 6.69. The van der Waals surface area contributed by atoms with Crippen molar-refractivity contribution in [2.24, 2.45) is 0 Å². The first kappa shape index (κ1) is 32.8. The zero-order valence-corrected chi connectivity index (χ0v) is 21.6. The third kappa shape index (κ3) is 6.71. The van der Waals surface area contributed by atoms with Gasteiger partial charge in [-0.25, -0.2) is 0 Å². The quantitative estimate of drug-likeness (QED) is 0.120. The fraction of sp³-hybridized carbons (Fsp3) is 1.00. The molecule has 230 valence electrons. The number of aliphatic hydroxyl groups excluding tert-OH is 10. The van der Waals surface area contributed by atoms with E-state index in [1.807, 2.05) is 0 Å². The zero-order chi connectivity index (χ0) is 29.4. The molecular weight excluding hydrogens is 536 g/mol. The number of ether oxygens (including phenoxy) is 6. The highest BCUT2D eigenvalue weighted by atomic mass is 16.8. The van der Waals surface area contributed by atoms with Crippen molar-refractivity contribution >= 4 is 0 Å². The molecule has 0 spiro atoms. The Bertz CT molecular complexity index is 776. The van der Waals surface area contributed by atoms with Gasteiger partial charge in [-0.2, -0.15) is 0 Å². The molecule has 11 N–H and O–H groups in total. The monoisotopic (exact) mass is 576 g/mol. The standard InChI is InChI=1S/C22H40O17/c1-21(2,3)38-20-15(31)17(32)22(33,9(6-25)36-20)39-19-14(30)16(11(27)8(5-24)35-19)37-18-13(29)12(28)10(26)7(4-23)34-18/h7-20,23-33H,4-6H2,1-3H3/t7?,8?,9?,10-,11-,12-,13?,14?,15?,16-,17+,18+,19-,20-,22+/m0/s1. The Morgan fingerprint density at radius 3 is 1.74 bits per heavy atom. The molecule has 3 fully saturated rings. The minimum Gasteiger partial charge on any atom is -0.394 e. The van der Waals surface area contributed by atoms with Crippen LogP contribution in [0.5, 0.6) is 0 Å². The molecule has 0 bridgehead atoms. The van der Waals surface area contributed by atoms with E-state index in [0.29, 0.717) is 0 Å². The van der Waals surface area contributed by atoms with Crippen molar-refractivity contribution in [3.05, 3.63) is 0 Å². The zero-order valence-electron chi connectivity index (χ0n) is 21.6. The van der Waals surface area contributed by atoms with E-state index in [-0.39, 0.29) is 0 Å². The first-order valence-electron chi connectivity index (χ1n) is 12.4. The van der Waals surface area contributed by atoms with Crippen LogP contribution in [-0.2, 0) is 28.4 Å². The fourth-order valence-electron chi connectivity index (χ4n) is 4.52. The van der Waals surface area contributed by atoms with Crippen LogP contribution in [0.3, 0.4) is 0 Å². The molecule has 0 aromatic heterocycles. The maximum Gasteiger partial charge on any atom is 0.226 e. The van der Waals surface area contributed by atoms with E-state index in [4.69, 9.17) is 28.4 Å².